The number of likely N-dealkylation sites (tertiary alicyclic amines) is 1. The van der Waals surface area contributed by atoms with Crippen LogP contribution in [0.4, 0.5) is 57.1 Å². The molecule has 0 aromatic heterocycles. The van der Waals surface area contributed by atoms with Crippen LogP contribution in [0.25, 0.3) is 4.13 Å². The highest BCUT2D eigenvalue weighted by molar-refractivity contribution is 8.13. The van der Waals surface area contributed by atoms with Crippen LogP contribution in [0.1, 0.15) is 172 Å². The van der Waals surface area contributed by atoms with Crippen molar-refractivity contribution < 1.29 is 138 Å². The molecule has 0 radical (unpaired) electrons. The van der Waals surface area contributed by atoms with Gasteiger partial charge < -0.3 is 17.6 Å². The maximum absolute atomic E-state index is 11.8. The number of hydrogen-bond acceptors (Lipinski definition) is 7. The van der Waals surface area contributed by atoms with Crippen LogP contribution < -0.4 is 42.4 Å². The van der Waals surface area contributed by atoms with Crippen LogP contribution in [0.5, 0.6) is 0 Å². The number of unbranched alkanes of at least 4 members (excludes halogenated alkanes) is 1. The molecule has 0 aliphatic carbocycles. The smallest absolute Gasteiger partial charge is 0.480 e. The fraction of sp³-hybridized carbons (Fsp3) is 0.526. The Labute approximate surface area is 633 Å². The summed E-state index contributed by atoms with van der Waals surface area (Å²) in [4.78, 5) is 0. The maximum atomic E-state index is 11.8. The zero-order chi connectivity index (χ0) is 80.6. The van der Waals surface area contributed by atoms with Gasteiger partial charge in [0.05, 0.1) is 52.9 Å². The zero-order valence-corrected chi connectivity index (χ0v) is 69.8. The Balaban J connectivity index is 0.00000118. The number of halogens is 15. The van der Waals surface area contributed by atoms with Gasteiger partial charge in [0.1, 0.15) is 0 Å². The lowest BCUT2D eigenvalue weighted by Gasteiger charge is -2.38. The predicted octanol–water partition coefficient (Wildman–Crippen LogP) is 15.3. The van der Waals surface area contributed by atoms with Crippen LogP contribution in [0.2, 0.25) is 0 Å². The Morgan fingerprint density at radius 1 is 0.442 bits per heavy atom. The Morgan fingerprint density at radius 3 is 0.981 bits per heavy atom. The highest BCUT2D eigenvalue weighted by Gasteiger charge is 2.76. The van der Waals surface area contributed by atoms with Gasteiger partial charge in [-0.25, -0.2) is 25.3 Å². The van der Waals surface area contributed by atoms with Gasteiger partial charge in [-0.3, -0.25) is 0 Å². The molecule has 590 valence electrons. The average molecular weight is 1770 g/mol. The fourth-order valence-corrected chi connectivity index (χ4v) is 16.7. The van der Waals surface area contributed by atoms with E-state index in [0.29, 0.717) is 0 Å². The van der Waals surface area contributed by atoms with E-state index in [2.05, 4.69) is 270 Å². The van der Waals surface area contributed by atoms with Crippen molar-refractivity contribution in [1.29, 1.82) is 0 Å². The minimum absolute atomic E-state index is 0.0287. The van der Waals surface area contributed by atoms with Crippen molar-refractivity contribution in [3.05, 3.63) is 209 Å². The summed E-state index contributed by atoms with van der Waals surface area (Å²) in [7, 11) is -18.1. The molecule has 104 heavy (non-hydrogen) atoms. The highest BCUT2D eigenvalue weighted by Crippen LogP contribution is 2.48. The average Bonchev–Trinajstić information content (AvgIpc) is 0.783. The molecule has 0 spiro atoms. The van der Waals surface area contributed by atoms with Gasteiger partial charge >= 0.3 is 70.8 Å². The van der Waals surface area contributed by atoms with Crippen molar-refractivity contribution in [2.75, 3.05) is 52.9 Å². The Morgan fingerprint density at radius 2 is 0.740 bits per heavy atom. The summed E-state index contributed by atoms with van der Waals surface area (Å²) in [5.41, 5.74) is -0.850. The lowest BCUT2D eigenvalue weighted by atomic mass is 9.87. The first kappa shape index (κ1) is 99.6. The molecular formula is C76H108F13I2N3O7S3+2. The van der Waals surface area contributed by atoms with Gasteiger partial charge in [-0.05, 0) is 161 Å². The lowest BCUT2D eigenvalue weighted by Crippen LogP contribution is -3.61. The van der Waals surface area contributed by atoms with E-state index in [0.717, 1.165) is 4.13 Å². The van der Waals surface area contributed by atoms with Crippen molar-refractivity contribution >= 4 is 30.2 Å². The SMILES string of the molecule is CC(C)(C)c1ccc([I+]c2ccc(C(C)(C)C)cc2)cc1.CCCC[N+]1(C)CCCC1.CCC[N+](CCC)(CCC)CCC.Cc1cc(C)c(C)c(C)c1.Cc1ccc(C)cc1.O=S(=O)([N-]S(=O)(=O)C(F)(F)F)C(F)(F)F.O=S(=O)([O-])C(F)(F)C(F)(F)C(F)(F)F.c1ccc([I+]c2ccccc2)cc1. The number of sulfonamides is 2. The molecule has 1 fully saturated rings. The summed E-state index contributed by atoms with van der Waals surface area (Å²) >= 11 is -0.0416. The van der Waals surface area contributed by atoms with Crippen LogP contribution in [0.15, 0.2) is 146 Å². The fourth-order valence-electron chi connectivity index (χ4n) is 10.1. The summed E-state index contributed by atoms with van der Waals surface area (Å²) in [5.74, 6) is -6.92. The van der Waals surface area contributed by atoms with Crippen LogP contribution in [-0.2, 0) is 41.0 Å². The van der Waals surface area contributed by atoms with Gasteiger partial charge in [-0.1, -0.05) is 196 Å². The quantitative estimate of drug-likeness (QED) is 0.0340. The van der Waals surface area contributed by atoms with E-state index >= 15 is 0 Å². The summed E-state index contributed by atoms with van der Waals surface area (Å²) in [6.07, 6.45) is 4.19. The van der Waals surface area contributed by atoms with E-state index in [1.54, 1.807) is 0 Å². The zero-order valence-electron chi connectivity index (χ0n) is 63.1. The number of benzene rings is 6. The monoisotopic (exact) mass is 1770 g/mol. The normalized spacial score (nSPS) is 13.5. The number of hydrogen-bond donors (Lipinski definition) is 0. The second-order valence-corrected chi connectivity index (χ2v) is 38.4. The number of nitrogens with zero attached hydrogens (tertiary/aromatic N) is 3. The first-order valence-corrected chi connectivity index (χ1v) is 42.6. The molecule has 0 unspecified atom stereocenters. The van der Waals surface area contributed by atoms with Gasteiger partial charge in [0.2, 0.25) is 0 Å². The Kier molecular flexibility index (Phi) is 42.4. The predicted molar refractivity (Wildman–Crippen MR) is 384 cm³/mol. The topological polar surface area (TPSA) is 140 Å². The minimum Gasteiger partial charge on any atom is -0.743 e. The van der Waals surface area contributed by atoms with Crippen LogP contribution >= 0.6 is 0 Å². The summed E-state index contributed by atoms with van der Waals surface area (Å²) in [6.45, 7) is 47.8. The number of quaternary nitrogens is 2. The van der Waals surface area contributed by atoms with E-state index in [1.807, 2.05) is 0 Å². The first-order chi connectivity index (χ1) is 47.5. The van der Waals surface area contributed by atoms with Crippen molar-refractivity contribution in [1.82, 2.24) is 0 Å². The van der Waals surface area contributed by atoms with Crippen LogP contribution in [-0.4, -0.2) is 120 Å². The summed E-state index contributed by atoms with van der Waals surface area (Å²) in [5, 5.41) is -6.72. The molecule has 0 amide bonds. The molecule has 28 heteroatoms. The molecule has 0 N–H and O–H groups in total. The van der Waals surface area contributed by atoms with Crippen LogP contribution in [0, 0.1) is 55.8 Å². The molecule has 1 saturated heterocycles. The second kappa shape index (κ2) is 44.3. The molecule has 6 aromatic rings. The largest absolute Gasteiger partial charge is 0.743 e. The molecule has 1 aliphatic heterocycles. The van der Waals surface area contributed by atoms with Crippen molar-refractivity contribution in [2.45, 2.75) is 208 Å². The van der Waals surface area contributed by atoms with E-state index < -0.39 is 58.5 Å². The Hall–Kier alpha value is -4.44. The number of aryl methyl sites for hydroxylation is 5. The molecule has 0 atom stereocenters. The van der Waals surface area contributed by atoms with Crippen LogP contribution in [0.3, 0.4) is 0 Å². The van der Waals surface area contributed by atoms with Gasteiger partial charge in [0.15, 0.2) is 44.4 Å². The molecule has 0 saturated carbocycles. The number of alkyl halides is 13. The van der Waals surface area contributed by atoms with Gasteiger partial charge in [0, 0.05) is 12.8 Å². The molecule has 10 nitrogen and oxygen atoms in total. The lowest BCUT2D eigenvalue weighted by molar-refractivity contribution is -0.928. The second-order valence-electron chi connectivity index (χ2n) is 27.5. The van der Waals surface area contributed by atoms with Crippen molar-refractivity contribution in [2.24, 2.45) is 0 Å². The minimum atomic E-state index is -7.10. The standard InChI is InChI=1S/C20H26I.C12H10I.C12H28N.C10H14.C9H20N.C8H10.C3HF7O3S.C2F6NO4S2/c1-19(2,3)15-7-11-17(12-8-15)21-18-13-9-16(10-14-18)20(4,5)6;1-3-7-11(8-4-1)13-12-9-5-2-6-10-12;1-5-9-13(10-6-2,11-7-3)12-8-4;1-7-5-8(2)10(4)9(3)6-7;1-3-4-7-10(2)8-5-6-9-10;1-7-3-5-8(2)6-4-7;4-1(5,2(6,7)8)3(9,10)14(11,12)13;3-1(4,5)14(10,11)9-15(12,13)2(6,7)8/h7-14H,1-6H3;1-10H;5-12H2,1-4H3;5-6H,1-4H3;3-9H2,1-2H3;3-6H,1-2H3;(H,11,12,13);/q3*+1;;+1;;;-1/p-1. The van der Waals surface area contributed by atoms with E-state index in [-0.39, 0.29) is 53.2 Å². The van der Waals surface area contributed by atoms with E-state index in [4.69, 9.17) is 0 Å². The molecule has 1 aliphatic rings. The van der Waals surface area contributed by atoms with Crippen molar-refractivity contribution in [3.63, 3.8) is 0 Å². The van der Waals surface area contributed by atoms with Gasteiger partial charge in [-0.2, -0.15) is 57.1 Å². The molecule has 0 bridgehead atoms. The third-order valence-electron chi connectivity index (χ3n) is 15.9. The van der Waals surface area contributed by atoms with E-state index in [1.165, 1.54) is 165 Å². The molecule has 6 aromatic carbocycles. The van der Waals surface area contributed by atoms with Gasteiger partial charge in [-0.15, -0.1) is 0 Å². The molecule has 7 rings (SSSR count). The Bertz CT molecular complexity index is 3550. The molecular weight excluding hydrogens is 1660 g/mol. The molecule has 1 heterocycles. The highest BCUT2D eigenvalue weighted by atomic mass is 127. The number of rotatable bonds is 19. The third kappa shape index (κ3) is 36.2. The first-order valence-electron chi connectivity index (χ1n) is 34.0. The third-order valence-corrected chi connectivity index (χ3v) is 24.9. The van der Waals surface area contributed by atoms with E-state index in [9.17, 15) is 86.9 Å². The van der Waals surface area contributed by atoms with Gasteiger partial charge in [0.25, 0.3) is 0 Å². The summed E-state index contributed by atoms with van der Waals surface area (Å²) in [6, 6.07) is 52.7. The summed E-state index contributed by atoms with van der Waals surface area (Å²) < 4.78 is 227. The maximum Gasteiger partial charge on any atom is 0.480 e. The van der Waals surface area contributed by atoms with Crippen molar-refractivity contribution in [3.8, 4) is 0 Å².